The summed E-state index contributed by atoms with van der Waals surface area (Å²) < 4.78 is 0. The number of hydrazone groups is 1. The summed E-state index contributed by atoms with van der Waals surface area (Å²) in [5.41, 5.74) is 3.53. The standard InChI is InChI=1S/C11H8Cl2N4/c12-9-4-2-1-3-8(9)5-15-17-11-7-14-6-10(13)16-11/h1-7H,(H,16,17)/b15-5+. The maximum Gasteiger partial charge on any atom is 0.166 e. The second kappa shape index (κ2) is 5.61. The first-order valence-electron chi connectivity index (χ1n) is 4.77. The SMILES string of the molecule is Clc1cncc(N/N=C/c2ccccc2Cl)n1. The fourth-order valence-electron chi connectivity index (χ4n) is 1.14. The molecule has 2 aromatic rings. The molecular weight excluding hydrogens is 259 g/mol. The molecule has 1 aromatic heterocycles. The number of nitrogens with one attached hydrogen (secondary N) is 1. The molecule has 0 saturated carbocycles. The Labute approximate surface area is 108 Å². The summed E-state index contributed by atoms with van der Waals surface area (Å²) in [6.07, 6.45) is 4.57. The Kier molecular flexibility index (Phi) is 3.90. The summed E-state index contributed by atoms with van der Waals surface area (Å²) in [7, 11) is 0. The number of nitrogens with zero attached hydrogens (tertiary/aromatic N) is 3. The van der Waals surface area contributed by atoms with Crippen molar-refractivity contribution in [3.8, 4) is 0 Å². The molecule has 0 fully saturated rings. The fraction of sp³-hybridized carbons (Fsp3) is 0. The van der Waals surface area contributed by atoms with Crippen molar-refractivity contribution in [2.45, 2.75) is 0 Å². The molecule has 1 heterocycles. The molecule has 0 aliphatic rings. The predicted octanol–water partition coefficient (Wildman–Crippen LogP) is 3.23. The summed E-state index contributed by atoms with van der Waals surface area (Å²) in [5.74, 6) is 0.473. The van der Waals surface area contributed by atoms with Crippen molar-refractivity contribution in [3.63, 3.8) is 0 Å². The minimum absolute atomic E-state index is 0.308. The van der Waals surface area contributed by atoms with Crippen LogP contribution >= 0.6 is 23.2 Å². The van der Waals surface area contributed by atoms with Gasteiger partial charge in [-0.3, -0.25) is 10.4 Å². The van der Waals surface area contributed by atoms with E-state index in [2.05, 4.69) is 20.5 Å². The van der Waals surface area contributed by atoms with Gasteiger partial charge < -0.3 is 0 Å². The molecule has 0 atom stereocenters. The zero-order chi connectivity index (χ0) is 12.1. The number of halogens is 2. The summed E-state index contributed by atoms with van der Waals surface area (Å²) in [6.45, 7) is 0. The van der Waals surface area contributed by atoms with Gasteiger partial charge in [0.15, 0.2) is 5.82 Å². The van der Waals surface area contributed by atoms with E-state index in [1.54, 1.807) is 12.3 Å². The molecule has 6 heteroatoms. The smallest absolute Gasteiger partial charge is 0.166 e. The van der Waals surface area contributed by atoms with Crippen molar-refractivity contribution in [3.05, 3.63) is 52.4 Å². The van der Waals surface area contributed by atoms with Crippen LogP contribution < -0.4 is 5.43 Å². The van der Waals surface area contributed by atoms with Gasteiger partial charge in [0.25, 0.3) is 0 Å². The highest BCUT2D eigenvalue weighted by Gasteiger charge is 1.95. The molecule has 0 radical (unpaired) electrons. The predicted molar refractivity (Wildman–Crippen MR) is 69.7 cm³/mol. The van der Waals surface area contributed by atoms with E-state index < -0.39 is 0 Å². The Bertz CT molecular complexity index is 542. The van der Waals surface area contributed by atoms with Gasteiger partial charge in [-0.2, -0.15) is 5.10 Å². The largest absolute Gasteiger partial charge is 0.260 e. The molecule has 0 unspecified atom stereocenters. The van der Waals surface area contributed by atoms with Gasteiger partial charge in [0.2, 0.25) is 0 Å². The van der Waals surface area contributed by atoms with Crippen LogP contribution in [0.5, 0.6) is 0 Å². The van der Waals surface area contributed by atoms with Crippen LogP contribution in [0.4, 0.5) is 5.82 Å². The van der Waals surface area contributed by atoms with Crippen molar-refractivity contribution in [1.82, 2.24) is 9.97 Å². The van der Waals surface area contributed by atoms with Crippen LogP contribution in [0.2, 0.25) is 10.2 Å². The van der Waals surface area contributed by atoms with E-state index in [4.69, 9.17) is 23.2 Å². The van der Waals surface area contributed by atoms with Crippen LogP contribution in [0, 0.1) is 0 Å². The Morgan fingerprint density at radius 2 is 2.00 bits per heavy atom. The first-order valence-corrected chi connectivity index (χ1v) is 5.52. The van der Waals surface area contributed by atoms with Crippen molar-refractivity contribution < 1.29 is 0 Å². The molecule has 1 aromatic carbocycles. The lowest BCUT2D eigenvalue weighted by Crippen LogP contribution is -1.94. The zero-order valence-corrected chi connectivity index (χ0v) is 10.2. The Morgan fingerprint density at radius 1 is 1.18 bits per heavy atom. The number of hydrogen-bond acceptors (Lipinski definition) is 4. The third kappa shape index (κ3) is 3.41. The second-order valence-electron chi connectivity index (χ2n) is 3.12. The summed E-state index contributed by atoms with van der Waals surface area (Å²) >= 11 is 11.6. The van der Waals surface area contributed by atoms with Crippen molar-refractivity contribution >= 4 is 35.2 Å². The lowest BCUT2D eigenvalue weighted by Gasteiger charge is -1.99. The molecule has 0 amide bonds. The summed E-state index contributed by atoms with van der Waals surface area (Å²) in [5, 5.41) is 4.94. The molecule has 17 heavy (non-hydrogen) atoms. The molecule has 2 rings (SSSR count). The third-order valence-electron chi connectivity index (χ3n) is 1.89. The van der Waals surface area contributed by atoms with Gasteiger partial charge in [0.1, 0.15) is 5.15 Å². The lowest BCUT2D eigenvalue weighted by atomic mass is 10.2. The van der Waals surface area contributed by atoms with Gasteiger partial charge in [0, 0.05) is 10.6 Å². The van der Waals surface area contributed by atoms with E-state index >= 15 is 0 Å². The third-order valence-corrected chi connectivity index (χ3v) is 2.42. The fourth-order valence-corrected chi connectivity index (χ4v) is 1.48. The number of hydrogen-bond donors (Lipinski definition) is 1. The topological polar surface area (TPSA) is 50.2 Å². The molecule has 4 nitrogen and oxygen atoms in total. The second-order valence-corrected chi connectivity index (χ2v) is 3.91. The first-order chi connectivity index (χ1) is 8.25. The zero-order valence-electron chi connectivity index (χ0n) is 8.64. The molecule has 0 saturated heterocycles. The molecular formula is C11H8Cl2N4. The average molecular weight is 267 g/mol. The van der Waals surface area contributed by atoms with Gasteiger partial charge in [-0.05, 0) is 6.07 Å². The molecule has 0 bridgehead atoms. The minimum Gasteiger partial charge on any atom is -0.260 e. The first kappa shape index (κ1) is 11.8. The van der Waals surface area contributed by atoms with Crippen LogP contribution in [-0.2, 0) is 0 Å². The molecule has 86 valence electrons. The highest BCUT2D eigenvalue weighted by atomic mass is 35.5. The van der Waals surface area contributed by atoms with Crippen LogP contribution in [-0.4, -0.2) is 16.2 Å². The Morgan fingerprint density at radius 3 is 2.76 bits per heavy atom. The normalized spacial score (nSPS) is 10.7. The number of benzene rings is 1. The van der Waals surface area contributed by atoms with Crippen LogP contribution in [0.15, 0.2) is 41.8 Å². The Hall–Kier alpha value is -1.65. The number of aromatic nitrogens is 2. The molecule has 1 N–H and O–H groups in total. The van der Waals surface area contributed by atoms with Crippen molar-refractivity contribution in [2.75, 3.05) is 5.43 Å². The van der Waals surface area contributed by atoms with E-state index in [1.165, 1.54) is 12.4 Å². The van der Waals surface area contributed by atoms with Gasteiger partial charge >= 0.3 is 0 Å². The Balaban J connectivity index is 2.06. The van der Waals surface area contributed by atoms with Crippen LogP contribution in [0.25, 0.3) is 0 Å². The molecule has 0 aliphatic heterocycles. The molecule has 0 spiro atoms. The van der Waals surface area contributed by atoms with Crippen molar-refractivity contribution in [2.24, 2.45) is 5.10 Å². The van der Waals surface area contributed by atoms with Gasteiger partial charge in [-0.25, -0.2) is 4.98 Å². The van der Waals surface area contributed by atoms with E-state index in [0.717, 1.165) is 5.56 Å². The molecule has 0 aliphatic carbocycles. The highest BCUT2D eigenvalue weighted by molar-refractivity contribution is 6.33. The average Bonchev–Trinajstić information content (AvgIpc) is 2.32. The highest BCUT2D eigenvalue weighted by Crippen LogP contribution is 2.12. The van der Waals surface area contributed by atoms with Crippen LogP contribution in [0.1, 0.15) is 5.56 Å². The van der Waals surface area contributed by atoms with E-state index in [0.29, 0.717) is 16.0 Å². The summed E-state index contributed by atoms with van der Waals surface area (Å²) in [6, 6.07) is 7.39. The lowest BCUT2D eigenvalue weighted by molar-refractivity contribution is 1.16. The van der Waals surface area contributed by atoms with E-state index in [9.17, 15) is 0 Å². The van der Waals surface area contributed by atoms with Crippen LogP contribution in [0.3, 0.4) is 0 Å². The van der Waals surface area contributed by atoms with Gasteiger partial charge in [0.05, 0.1) is 18.6 Å². The quantitative estimate of drug-likeness (QED) is 0.686. The number of anilines is 1. The van der Waals surface area contributed by atoms with Gasteiger partial charge in [-0.15, -0.1) is 0 Å². The number of rotatable bonds is 3. The van der Waals surface area contributed by atoms with E-state index in [-0.39, 0.29) is 0 Å². The maximum atomic E-state index is 5.96. The van der Waals surface area contributed by atoms with E-state index in [1.807, 2.05) is 18.2 Å². The summed E-state index contributed by atoms with van der Waals surface area (Å²) in [4.78, 5) is 7.84. The minimum atomic E-state index is 0.308. The van der Waals surface area contributed by atoms with Crippen molar-refractivity contribution in [1.29, 1.82) is 0 Å². The maximum absolute atomic E-state index is 5.96. The van der Waals surface area contributed by atoms with Gasteiger partial charge in [-0.1, -0.05) is 41.4 Å². The monoisotopic (exact) mass is 266 g/mol.